The van der Waals surface area contributed by atoms with Gasteiger partial charge in [-0.05, 0) is 52.3 Å². The Balaban J connectivity index is 0.00000280. The van der Waals surface area contributed by atoms with Gasteiger partial charge in [0.1, 0.15) is 17.3 Å². The monoisotopic (exact) mass is 495 g/mol. The number of imidazole rings is 1. The van der Waals surface area contributed by atoms with Crippen LogP contribution in [0, 0.1) is 20.8 Å². The first-order valence-electron chi connectivity index (χ1n) is 9.58. The molecule has 0 amide bonds. The lowest BCUT2D eigenvalue weighted by molar-refractivity contribution is 0.501. The highest BCUT2D eigenvalue weighted by atomic mass is 127. The third kappa shape index (κ3) is 5.50. The second kappa shape index (κ2) is 10.5. The molecule has 152 valence electrons. The summed E-state index contributed by atoms with van der Waals surface area (Å²) in [6, 6.07) is 10.3. The van der Waals surface area contributed by atoms with E-state index in [9.17, 15) is 0 Å². The Labute approximate surface area is 183 Å². The van der Waals surface area contributed by atoms with Crippen LogP contribution in [-0.4, -0.2) is 28.6 Å². The molecule has 0 radical (unpaired) electrons. The summed E-state index contributed by atoms with van der Waals surface area (Å²) in [6.45, 7) is 11.3. The van der Waals surface area contributed by atoms with E-state index >= 15 is 0 Å². The number of aromatic nitrogens is 2. The molecule has 0 aliphatic carbocycles. The van der Waals surface area contributed by atoms with Crippen molar-refractivity contribution in [1.82, 2.24) is 20.2 Å². The Morgan fingerprint density at radius 3 is 2.68 bits per heavy atom. The molecule has 1 aromatic carbocycles. The number of hydrogen-bond donors (Lipinski definition) is 2. The zero-order valence-corrected chi connectivity index (χ0v) is 19.4. The van der Waals surface area contributed by atoms with Gasteiger partial charge < -0.3 is 19.6 Å². The molecule has 3 rings (SSSR count). The van der Waals surface area contributed by atoms with E-state index in [1.807, 2.05) is 19.9 Å². The SMILES string of the molecule is CCNC(=NCc1cc(C)oc1C)NCCCn1c(C)nc2ccccc21.I. The molecular formula is C21H30IN5O. The summed E-state index contributed by atoms with van der Waals surface area (Å²) >= 11 is 0. The summed E-state index contributed by atoms with van der Waals surface area (Å²) in [7, 11) is 0. The van der Waals surface area contributed by atoms with E-state index in [0.29, 0.717) is 6.54 Å². The average Bonchev–Trinajstić information content (AvgIpc) is 3.14. The van der Waals surface area contributed by atoms with E-state index in [0.717, 1.165) is 60.4 Å². The van der Waals surface area contributed by atoms with E-state index in [-0.39, 0.29) is 24.0 Å². The van der Waals surface area contributed by atoms with Gasteiger partial charge in [-0.15, -0.1) is 24.0 Å². The van der Waals surface area contributed by atoms with Gasteiger partial charge in [0, 0.05) is 25.2 Å². The zero-order chi connectivity index (χ0) is 19.2. The van der Waals surface area contributed by atoms with Gasteiger partial charge in [0.15, 0.2) is 5.96 Å². The van der Waals surface area contributed by atoms with Gasteiger partial charge in [-0.1, -0.05) is 12.1 Å². The van der Waals surface area contributed by atoms with E-state index in [1.165, 1.54) is 5.52 Å². The molecule has 0 fully saturated rings. The Bertz CT molecular complexity index is 928. The lowest BCUT2D eigenvalue weighted by Gasteiger charge is -2.12. The van der Waals surface area contributed by atoms with Crippen LogP contribution in [0.4, 0.5) is 0 Å². The van der Waals surface area contributed by atoms with Gasteiger partial charge in [-0.25, -0.2) is 9.98 Å². The van der Waals surface area contributed by atoms with E-state index in [2.05, 4.69) is 63.3 Å². The van der Waals surface area contributed by atoms with Crippen LogP contribution in [0.15, 0.2) is 39.7 Å². The molecule has 3 aromatic rings. The highest BCUT2D eigenvalue weighted by Crippen LogP contribution is 2.16. The maximum absolute atomic E-state index is 5.57. The van der Waals surface area contributed by atoms with Crippen LogP contribution in [-0.2, 0) is 13.1 Å². The highest BCUT2D eigenvalue weighted by molar-refractivity contribution is 14.0. The van der Waals surface area contributed by atoms with Crippen LogP contribution in [0.5, 0.6) is 0 Å². The number of fused-ring (bicyclic) bond motifs is 1. The van der Waals surface area contributed by atoms with Crippen molar-refractivity contribution < 1.29 is 4.42 Å². The summed E-state index contributed by atoms with van der Waals surface area (Å²) in [5, 5.41) is 6.72. The van der Waals surface area contributed by atoms with Crippen LogP contribution in [0.25, 0.3) is 11.0 Å². The molecule has 28 heavy (non-hydrogen) atoms. The Morgan fingerprint density at radius 2 is 1.96 bits per heavy atom. The van der Waals surface area contributed by atoms with E-state index < -0.39 is 0 Å². The first-order valence-corrected chi connectivity index (χ1v) is 9.58. The summed E-state index contributed by atoms with van der Waals surface area (Å²) in [5.41, 5.74) is 3.38. The molecule has 2 heterocycles. The van der Waals surface area contributed by atoms with Gasteiger partial charge in [0.05, 0.1) is 17.6 Å². The topological polar surface area (TPSA) is 67.4 Å². The molecule has 0 aliphatic heterocycles. The molecular weight excluding hydrogens is 465 g/mol. The fraction of sp³-hybridized carbons (Fsp3) is 0.429. The van der Waals surface area contributed by atoms with Crippen LogP contribution in [0.2, 0.25) is 0 Å². The second-order valence-corrected chi connectivity index (χ2v) is 6.71. The summed E-state index contributed by atoms with van der Waals surface area (Å²) < 4.78 is 7.85. The van der Waals surface area contributed by atoms with Crippen molar-refractivity contribution in [3.8, 4) is 0 Å². The van der Waals surface area contributed by atoms with Gasteiger partial charge in [0.25, 0.3) is 0 Å². The second-order valence-electron chi connectivity index (χ2n) is 6.71. The molecule has 0 saturated heterocycles. The number of guanidine groups is 1. The number of para-hydroxylation sites is 2. The number of furan rings is 1. The van der Waals surface area contributed by atoms with Crippen LogP contribution in [0.3, 0.4) is 0 Å². The normalized spacial score (nSPS) is 11.5. The lowest BCUT2D eigenvalue weighted by Crippen LogP contribution is -2.38. The van der Waals surface area contributed by atoms with Gasteiger partial charge in [-0.3, -0.25) is 0 Å². The van der Waals surface area contributed by atoms with Crippen molar-refractivity contribution in [3.63, 3.8) is 0 Å². The Morgan fingerprint density at radius 1 is 1.18 bits per heavy atom. The molecule has 0 atom stereocenters. The highest BCUT2D eigenvalue weighted by Gasteiger charge is 2.07. The number of rotatable bonds is 7. The smallest absolute Gasteiger partial charge is 0.191 e. The van der Waals surface area contributed by atoms with Crippen molar-refractivity contribution in [3.05, 3.63) is 53.2 Å². The summed E-state index contributed by atoms with van der Waals surface area (Å²) in [5.74, 6) is 3.76. The third-order valence-electron chi connectivity index (χ3n) is 4.59. The van der Waals surface area contributed by atoms with Crippen molar-refractivity contribution in [2.75, 3.05) is 13.1 Å². The van der Waals surface area contributed by atoms with Crippen LogP contribution < -0.4 is 10.6 Å². The van der Waals surface area contributed by atoms with E-state index in [1.54, 1.807) is 0 Å². The molecule has 0 unspecified atom stereocenters. The standard InChI is InChI=1S/C21H29N5O.HI/c1-5-22-21(24-14-18-13-15(2)27-16(18)3)23-11-8-12-26-17(4)25-19-9-6-7-10-20(19)26;/h6-7,9-10,13H,5,8,11-12,14H2,1-4H3,(H2,22,23,24);1H. The van der Waals surface area contributed by atoms with Crippen LogP contribution >= 0.6 is 24.0 Å². The molecule has 6 nitrogen and oxygen atoms in total. The van der Waals surface area contributed by atoms with Crippen molar-refractivity contribution in [2.24, 2.45) is 4.99 Å². The minimum Gasteiger partial charge on any atom is -0.466 e. The van der Waals surface area contributed by atoms with Gasteiger partial charge in [0.2, 0.25) is 0 Å². The molecule has 0 saturated carbocycles. The Hall–Kier alpha value is -2.03. The van der Waals surface area contributed by atoms with Crippen LogP contribution in [0.1, 0.15) is 36.3 Å². The predicted octanol–water partition coefficient (Wildman–Crippen LogP) is 4.32. The summed E-state index contributed by atoms with van der Waals surface area (Å²) in [6.07, 6.45) is 0.995. The van der Waals surface area contributed by atoms with Crippen molar-refractivity contribution in [1.29, 1.82) is 0 Å². The lowest BCUT2D eigenvalue weighted by atomic mass is 10.2. The Kier molecular flexibility index (Phi) is 8.35. The fourth-order valence-corrected chi connectivity index (χ4v) is 3.27. The molecule has 0 bridgehead atoms. The molecule has 0 spiro atoms. The van der Waals surface area contributed by atoms with Crippen molar-refractivity contribution in [2.45, 2.75) is 47.2 Å². The number of benzene rings is 1. The average molecular weight is 495 g/mol. The minimum atomic E-state index is 0. The summed E-state index contributed by atoms with van der Waals surface area (Å²) in [4.78, 5) is 9.30. The number of hydrogen-bond acceptors (Lipinski definition) is 3. The predicted molar refractivity (Wildman–Crippen MR) is 126 cm³/mol. The fourth-order valence-electron chi connectivity index (χ4n) is 3.27. The van der Waals surface area contributed by atoms with E-state index in [4.69, 9.17) is 4.42 Å². The number of aliphatic imine (C=N–C) groups is 1. The quantitative estimate of drug-likeness (QED) is 0.222. The zero-order valence-electron chi connectivity index (χ0n) is 17.1. The van der Waals surface area contributed by atoms with Gasteiger partial charge >= 0.3 is 0 Å². The third-order valence-corrected chi connectivity index (χ3v) is 4.59. The molecule has 0 aliphatic rings. The maximum Gasteiger partial charge on any atom is 0.191 e. The molecule has 2 N–H and O–H groups in total. The van der Waals surface area contributed by atoms with Crippen molar-refractivity contribution >= 4 is 41.0 Å². The van der Waals surface area contributed by atoms with Gasteiger partial charge in [-0.2, -0.15) is 0 Å². The molecule has 2 aromatic heterocycles. The maximum atomic E-state index is 5.57. The minimum absolute atomic E-state index is 0. The number of nitrogens with one attached hydrogen (secondary N) is 2. The largest absolute Gasteiger partial charge is 0.466 e. The number of aryl methyl sites for hydroxylation is 4. The number of nitrogens with zero attached hydrogens (tertiary/aromatic N) is 3. The molecule has 7 heteroatoms. The number of halogens is 1. The first kappa shape index (κ1) is 22.3. The first-order chi connectivity index (χ1) is 13.1.